The van der Waals surface area contributed by atoms with Crippen LogP contribution in [-0.4, -0.2) is 36.5 Å². The van der Waals surface area contributed by atoms with Crippen molar-refractivity contribution in [2.45, 2.75) is 45.6 Å². The Morgan fingerprint density at radius 3 is 2.44 bits per heavy atom. The van der Waals surface area contributed by atoms with Gasteiger partial charge in [-0.15, -0.1) is 0 Å². The molecule has 1 aliphatic carbocycles. The van der Waals surface area contributed by atoms with E-state index in [9.17, 15) is 4.79 Å². The van der Waals surface area contributed by atoms with Crippen LogP contribution in [0.3, 0.4) is 0 Å². The predicted octanol–water partition coefficient (Wildman–Crippen LogP) is 1.63. The van der Waals surface area contributed by atoms with E-state index in [0.717, 1.165) is 19.4 Å². The van der Waals surface area contributed by atoms with E-state index in [1.165, 1.54) is 25.9 Å². The quantitative estimate of drug-likeness (QED) is 0.770. The Morgan fingerprint density at radius 2 is 1.94 bits per heavy atom. The summed E-state index contributed by atoms with van der Waals surface area (Å²) in [5, 5.41) is 3.12. The number of nitrogens with zero attached hydrogens (tertiary/aromatic N) is 1. The zero-order valence-corrected chi connectivity index (χ0v) is 10.5. The van der Waals surface area contributed by atoms with Crippen LogP contribution in [0.1, 0.15) is 39.5 Å². The molecule has 1 heterocycles. The third kappa shape index (κ3) is 2.97. The van der Waals surface area contributed by atoms with Crippen molar-refractivity contribution in [3.8, 4) is 0 Å². The Morgan fingerprint density at radius 1 is 1.31 bits per heavy atom. The van der Waals surface area contributed by atoms with Crippen LogP contribution in [0.15, 0.2) is 0 Å². The minimum Gasteiger partial charge on any atom is -0.354 e. The van der Waals surface area contributed by atoms with E-state index in [1.54, 1.807) is 0 Å². The number of hydrogen-bond acceptors (Lipinski definition) is 2. The van der Waals surface area contributed by atoms with Gasteiger partial charge in [0.1, 0.15) is 0 Å². The lowest BCUT2D eigenvalue weighted by Gasteiger charge is -2.31. The normalized spacial score (nSPS) is 23.7. The van der Waals surface area contributed by atoms with Crippen molar-refractivity contribution in [3.63, 3.8) is 0 Å². The summed E-state index contributed by atoms with van der Waals surface area (Å²) in [5.41, 5.74) is 0. The van der Waals surface area contributed by atoms with Gasteiger partial charge in [0.15, 0.2) is 0 Å². The molecule has 1 unspecified atom stereocenters. The number of rotatable bonds is 5. The summed E-state index contributed by atoms with van der Waals surface area (Å²) in [6.45, 7) is 7.77. The molecule has 0 aromatic carbocycles. The van der Waals surface area contributed by atoms with Gasteiger partial charge >= 0.3 is 0 Å². The Labute approximate surface area is 98.6 Å². The zero-order chi connectivity index (χ0) is 11.5. The number of carbonyl (C=O) groups is 1. The monoisotopic (exact) mass is 224 g/mol. The van der Waals surface area contributed by atoms with Crippen molar-refractivity contribution in [1.29, 1.82) is 0 Å². The summed E-state index contributed by atoms with van der Waals surface area (Å²) < 4.78 is 0. The van der Waals surface area contributed by atoms with Gasteiger partial charge in [0.25, 0.3) is 0 Å². The fraction of sp³-hybridized carbons (Fsp3) is 0.923. The van der Waals surface area contributed by atoms with E-state index in [2.05, 4.69) is 24.1 Å². The van der Waals surface area contributed by atoms with Gasteiger partial charge in [0, 0.05) is 18.5 Å². The van der Waals surface area contributed by atoms with Gasteiger partial charge in [-0.2, -0.15) is 0 Å². The molecule has 1 atom stereocenters. The highest BCUT2D eigenvalue weighted by Crippen LogP contribution is 2.28. The lowest BCUT2D eigenvalue weighted by atomic mass is 10.0. The molecule has 3 heteroatoms. The molecule has 92 valence electrons. The van der Waals surface area contributed by atoms with Crippen LogP contribution in [0.2, 0.25) is 0 Å². The minimum absolute atomic E-state index is 0.282. The highest BCUT2D eigenvalue weighted by molar-refractivity contribution is 5.80. The molecule has 2 fully saturated rings. The maximum Gasteiger partial charge on any atom is 0.223 e. The fourth-order valence-corrected chi connectivity index (χ4v) is 2.55. The first kappa shape index (κ1) is 11.9. The maximum atomic E-state index is 11.6. The number of carbonyl (C=O) groups excluding carboxylic acids is 1. The van der Waals surface area contributed by atoms with Gasteiger partial charge in [-0.05, 0) is 44.7 Å². The first-order valence-electron chi connectivity index (χ1n) is 6.70. The van der Waals surface area contributed by atoms with Crippen molar-refractivity contribution in [3.05, 3.63) is 0 Å². The van der Waals surface area contributed by atoms with E-state index in [-0.39, 0.29) is 5.91 Å². The molecule has 0 aromatic heterocycles. The largest absolute Gasteiger partial charge is 0.354 e. The highest BCUT2D eigenvalue weighted by atomic mass is 16.2. The van der Waals surface area contributed by atoms with Crippen LogP contribution in [0.4, 0.5) is 0 Å². The van der Waals surface area contributed by atoms with Crippen LogP contribution in [0.5, 0.6) is 0 Å². The second kappa shape index (κ2) is 5.17. The molecule has 2 aliphatic rings. The van der Waals surface area contributed by atoms with Crippen molar-refractivity contribution in [1.82, 2.24) is 10.2 Å². The van der Waals surface area contributed by atoms with Gasteiger partial charge in [-0.25, -0.2) is 0 Å². The third-order valence-electron chi connectivity index (χ3n) is 3.81. The summed E-state index contributed by atoms with van der Waals surface area (Å²) in [7, 11) is 0. The van der Waals surface area contributed by atoms with Crippen molar-refractivity contribution < 1.29 is 4.79 Å². The van der Waals surface area contributed by atoms with Crippen molar-refractivity contribution in [2.24, 2.45) is 11.8 Å². The Kier molecular flexibility index (Phi) is 3.85. The molecule has 0 radical (unpaired) electrons. The van der Waals surface area contributed by atoms with Crippen molar-refractivity contribution >= 4 is 5.91 Å². The molecule has 0 aromatic rings. The van der Waals surface area contributed by atoms with Crippen molar-refractivity contribution in [2.75, 3.05) is 19.6 Å². The summed E-state index contributed by atoms with van der Waals surface area (Å²) >= 11 is 0. The summed E-state index contributed by atoms with van der Waals surface area (Å²) in [5.74, 6) is 1.24. The van der Waals surface area contributed by atoms with Crippen LogP contribution < -0.4 is 5.32 Å². The number of hydrogen-bond donors (Lipinski definition) is 1. The third-order valence-corrected chi connectivity index (χ3v) is 3.81. The Hall–Kier alpha value is -0.570. The maximum absolute atomic E-state index is 11.6. The van der Waals surface area contributed by atoms with E-state index in [1.807, 2.05) is 0 Å². The molecular weight excluding hydrogens is 200 g/mol. The Bertz CT molecular complexity index is 242. The molecule has 1 saturated carbocycles. The average molecular weight is 224 g/mol. The molecule has 0 bridgehead atoms. The minimum atomic E-state index is 0.282. The van der Waals surface area contributed by atoms with Crippen LogP contribution in [0.25, 0.3) is 0 Å². The lowest BCUT2D eigenvalue weighted by Crippen LogP contribution is -2.45. The van der Waals surface area contributed by atoms with Gasteiger partial charge in [0.05, 0.1) is 0 Å². The molecule has 1 aliphatic heterocycles. The van der Waals surface area contributed by atoms with Gasteiger partial charge in [-0.3, -0.25) is 9.69 Å². The first-order valence-corrected chi connectivity index (χ1v) is 6.70. The molecule has 0 spiro atoms. The molecule has 16 heavy (non-hydrogen) atoms. The van der Waals surface area contributed by atoms with Gasteiger partial charge in [0.2, 0.25) is 5.91 Å². The molecule has 1 amide bonds. The summed E-state index contributed by atoms with van der Waals surface area (Å²) in [4.78, 5) is 14.2. The van der Waals surface area contributed by atoms with E-state index >= 15 is 0 Å². The van der Waals surface area contributed by atoms with Crippen LogP contribution in [0, 0.1) is 11.8 Å². The molecule has 2 rings (SSSR count). The number of amides is 1. The molecule has 3 nitrogen and oxygen atoms in total. The molecule has 1 saturated heterocycles. The lowest BCUT2D eigenvalue weighted by molar-refractivity contribution is -0.122. The fourth-order valence-electron chi connectivity index (χ4n) is 2.55. The van der Waals surface area contributed by atoms with E-state index in [4.69, 9.17) is 0 Å². The first-order chi connectivity index (χ1) is 7.68. The second-order valence-corrected chi connectivity index (χ2v) is 5.57. The molecule has 1 N–H and O–H groups in total. The summed E-state index contributed by atoms with van der Waals surface area (Å²) in [6.07, 6.45) is 4.84. The molecular formula is C13H24N2O. The smallest absolute Gasteiger partial charge is 0.223 e. The zero-order valence-electron chi connectivity index (χ0n) is 10.5. The number of nitrogens with one attached hydrogen (secondary N) is 1. The van der Waals surface area contributed by atoms with Gasteiger partial charge in [-0.1, -0.05) is 13.8 Å². The number of likely N-dealkylation sites (tertiary alicyclic amines) is 1. The van der Waals surface area contributed by atoms with Crippen LogP contribution in [-0.2, 0) is 4.79 Å². The standard InChI is InChI=1S/C13H24N2O/c1-10(2)12(15-7-3-4-8-15)9-14-13(16)11-5-6-11/h10-12H,3-9H2,1-2H3,(H,14,16). The second-order valence-electron chi connectivity index (χ2n) is 5.57. The van der Waals surface area contributed by atoms with Gasteiger partial charge < -0.3 is 5.32 Å². The topological polar surface area (TPSA) is 32.3 Å². The predicted molar refractivity (Wildman–Crippen MR) is 65.2 cm³/mol. The average Bonchev–Trinajstić information content (AvgIpc) is 2.96. The summed E-state index contributed by atoms with van der Waals surface area (Å²) in [6, 6.07) is 0.533. The SMILES string of the molecule is CC(C)C(CNC(=O)C1CC1)N1CCCC1. The van der Waals surface area contributed by atoms with Crippen LogP contribution >= 0.6 is 0 Å². The Balaban J connectivity index is 1.79. The van der Waals surface area contributed by atoms with E-state index < -0.39 is 0 Å². The van der Waals surface area contributed by atoms with E-state index in [0.29, 0.717) is 17.9 Å². The highest BCUT2D eigenvalue weighted by Gasteiger charge is 2.31.